The third-order valence-corrected chi connectivity index (χ3v) is 3.12. The van der Waals surface area contributed by atoms with E-state index in [-0.39, 0.29) is 18.2 Å². The van der Waals surface area contributed by atoms with Gasteiger partial charge in [0.25, 0.3) is 0 Å². The first-order valence-corrected chi connectivity index (χ1v) is 7.07. The van der Waals surface area contributed by atoms with Crippen molar-refractivity contribution in [3.63, 3.8) is 0 Å². The average molecular weight is 322 g/mol. The van der Waals surface area contributed by atoms with Crippen molar-refractivity contribution in [3.05, 3.63) is 59.4 Å². The standard InChI is InChI=1S/C16H17F3N4/c1-2-11-5-3-6-12(9-11)23-15(20)21-10-13-7-4-8-14(22-13)16(17,18)19/h3-9H,2,10H2,1H3,(H3,20,21,23). The maximum atomic E-state index is 12.6. The van der Waals surface area contributed by atoms with Crippen LogP contribution in [0.4, 0.5) is 18.9 Å². The number of anilines is 1. The first kappa shape index (κ1) is 16.8. The summed E-state index contributed by atoms with van der Waals surface area (Å²) >= 11 is 0. The second-order valence-electron chi connectivity index (χ2n) is 4.89. The second-order valence-corrected chi connectivity index (χ2v) is 4.89. The van der Waals surface area contributed by atoms with Crippen LogP contribution >= 0.6 is 0 Å². The van der Waals surface area contributed by atoms with Gasteiger partial charge in [-0.15, -0.1) is 0 Å². The highest BCUT2D eigenvalue weighted by Crippen LogP contribution is 2.27. The maximum absolute atomic E-state index is 12.6. The molecule has 7 heteroatoms. The molecule has 0 unspecified atom stereocenters. The van der Waals surface area contributed by atoms with Crippen LogP contribution in [0.1, 0.15) is 23.9 Å². The third-order valence-electron chi connectivity index (χ3n) is 3.12. The number of pyridine rings is 1. The molecule has 1 aromatic carbocycles. The topological polar surface area (TPSA) is 63.3 Å². The first-order chi connectivity index (χ1) is 10.9. The molecule has 2 aromatic rings. The fourth-order valence-corrected chi connectivity index (χ4v) is 1.95. The molecule has 0 saturated carbocycles. The van der Waals surface area contributed by atoms with Gasteiger partial charge in [0.1, 0.15) is 5.69 Å². The minimum absolute atomic E-state index is 0.0315. The van der Waals surface area contributed by atoms with Crippen LogP contribution in [0.3, 0.4) is 0 Å². The van der Waals surface area contributed by atoms with Crippen LogP contribution < -0.4 is 11.1 Å². The Morgan fingerprint density at radius 3 is 2.65 bits per heavy atom. The number of rotatable bonds is 4. The Morgan fingerprint density at radius 1 is 1.22 bits per heavy atom. The molecule has 2 rings (SSSR count). The molecule has 122 valence electrons. The highest BCUT2D eigenvalue weighted by atomic mass is 19.4. The number of hydrogen-bond acceptors (Lipinski definition) is 2. The number of aryl methyl sites for hydroxylation is 1. The van der Waals surface area contributed by atoms with E-state index < -0.39 is 11.9 Å². The zero-order valence-electron chi connectivity index (χ0n) is 12.6. The van der Waals surface area contributed by atoms with Crippen LogP contribution in [0.5, 0.6) is 0 Å². The Hall–Kier alpha value is -2.57. The van der Waals surface area contributed by atoms with Crippen molar-refractivity contribution in [1.29, 1.82) is 0 Å². The lowest BCUT2D eigenvalue weighted by atomic mass is 10.1. The molecule has 0 spiro atoms. The maximum Gasteiger partial charge on any atom is 0.433 e. The van der Waals surface area contributed by atoms with Gasteiger partial charge in [0.05, 0.1) is 12.2 Å². The van der Waals surface area contributed by atoms with Crippen LogP contribution in [-0.2, 0) is 19.1 Å². The molecule has 0 amide bonds. The van der Waals surface area contributed by atoms with Crippen molar-refractivity contribution in [2.75, 3.05) is 5.32 Å². The highest BCUT2D eigenvalue weighted by Gasteiger charge is 2.32. The van der Waals surface area contributed by atoms with Gasteiger partial charge in [-0.25, -0.2) is 9.98 Å². The molecule has 0 radical (unpaired) electrons. The average Bonchev–Trinajstić information content (AvgIpc) is 2.52. The van der Waals surface area contributed by atoms with E-state index in [0.717, 1.165) is 23.7 Å². The van der Waals surface area contributed by atoms with Gasteiger partial charge in [-0.2, -0.15) is 13.2 Å². The van der Waals surface area contributed by atoms with E-state index in [2.05, 4.69) is 15.3 Å². The summed E-state index contributed by atoms with van der Waals surface area (Å²) in [7, 11) is 0. The van der Waals surface area contributed by atoms with Gasteiger partial charge in [0.15, 0.2) is 5.96 Å². The molecule has 3 N–H and O–H groups in total. The van der Waals surface area contributed by atoms with Gasteiger partial charge in [-0.1, -0.05) is 25.1 Å². The summed E-state index contributed by atoms with van der Waals surface area (Å²) in [6.07, 6.45) is -3.58. The molecule has 0 saturated heterocycles. The van der Waals surface area contributed by atoms with E-state index in [4.69, 9.17) is 5.73 Å². The van der Waals surface area contributed by atoms with Crippen LogP contribution in [-0.4, -0.2) is 10.9 Å². The van der Waals surface area contributed by atoms with E-state index in [9.17, 15) is 13.2 Å². The predicted molar refractivity (Wildman–Crippen MR) is 84.0 cm³/mol. The van der Waals surface area contributed by atoms with Crippen molar-refractivity contribution >= 4 is 11.6 Å². The number of hydrogen-bond donors (Lipinski definition) is 2. The van der Waals surface area contributed by atoms with Gasteiger partial charge < -0.3 is 11.1 Å². The van der Waals surface area contributed by atoms with Crippen molar-refractivity contribution in [1.82, 2.24) is 4.98 Å². The Morgan fingerprint density at radius 2 is 1.96 bits per heavy atom. The van der Waals surface area contributed by atoms with Crippen molar-refractivity contribution in [2.24, 2.45) is 10.7 Å². The minimum Gasteiger partial charge on any atom is -0.370 e. The Balaban J connectivity index is 2.04. The van der Waals surface area contributed by atoms with Gasteiger partial charge >= 0.3 is 6.18 Å². The predicted octanol–water partition coefficient (Wildman–Crippen LogP) is 3.59. The SMILES string of the molecule is CCc1cccc(NC(N)=NCc2cccc(C(F)(F)F)n2)c1. The monoisotopic (exact) mass is 322 g/mol. The Kier molecular flexibility index (Phi) is 5.20. The lowest BCUT2D eigenvalue weighted by Gasteiger charge is -2.08. The number of nitrogens with two attached hydrogens (primary N) is 1. The quantitative estimate of drug-likeness (QED) is 0.668. The van der Waals surface area contributed by atoms with E-state index in [1.54, 1.807) is 0 Å². The lowest BCUT2D eigenvalue weighted by molar-refractivity contribution is -0.141. The fourth-order valence-electron chi connectivity index (χ4n) is 1.95. The molecule has 0 aliphatic rings. The van der Waals surface area contributed by atoms with Crippen LogP contribution in [0.2, 0.25) is 0 Å². The van der Waals surface area contributed by atoms with Gasteiger partial charge in [-0.3, -0.25) is 0 Å². The molecule has 0 aliphatic carbocycles. The van der Waals surface area contributed by atoms with Crippen LogP contribution in [0.15, 0.2) is 47.5 Å². The number of nitrogens with one attached hydrogen (secondary N) is 1. The summed E-state index contributed by atoms with van der Waals surface area (Å²) in [6, 6.07) is 11.4. The normalized spacial score (nSPS) is 12.3. The lowest BCUT2D eigenvalue weighted by Crippen LogP contribution is -2.22. The first-order valence-electron chi connectivity index (χ1n) is 7.07. The van der Waals surface area contributed by atoms with Gasteiger partial charge in [0.2, 0.25) is 0 Å². The van der Waals surface area contributed by atoms with Gasteiger partial charge in [0, 0.05) is 5.69 Å². The molecule has 1 heterocycles. The zero-order chi connectivity index (χ0) is 16.9. The molecule has 4 nitrogen and oxygen atoms in total. The summed E-state index contributed by atoms with van der Waals surface area (Å²) in [5, 5.41) is 2.91. The minimum atomic E-state index is -4.47. The molecular formula is C16H17F3N4. The summed E-state index contributed by atoms with van der Waals surface area (Å²) in [4.78, 5) is 7.56. The molecule has 0 atom stereocenters. The number of halogens is 3. The van der Waals surface area contributed by atoms with E-state index in [0.29, 0.717) is 0 Å². The van der Waals surface area contributed by atoms with E-state index >= 15 is 0 Å². The molecule has 1 aromatic heterocycles. The van der Waals surface area contributed by atoms with Crippen LogP contribution in [0.25, 0.3) is 0 Å². The van der Waals surface area contributed by atoms with Gasteiger partial charge in [-0.05, 0) is 36.2 Å². The highest BCUT2D eigenvalue weighted by molar-refractivity contribution is 5.92. The zero-order valence-corrected chi connectivity index (χ0v) is 12.6. The summed E-state index contributed by atoms with van der Waals surface area (Å²) in [6.45, 7) is 2.01. The molecule has 0 aliphatic heterocycles. The summed E-state index contributed by atoms with van der Waals surface area (Å²) < 4.78 is 37.8. The molecule has 23 heavy (non-hydrogen) atoms. The molecular weight excluding hydrogens is 305 g/mol. The molecule has 0 fully saturated rings. The van der Waals surface area contributed by atoms with E-state index in [1.807, 2.05) is 31.2 Å². The van der Waals surface area contributed by atoms with Crippen molar-refractivity contribution in [3.8, 4) is 0 Å². The molecule has 0 bridgehead atoms. The summed E-state index contributed by atoms with van der Waals surface area (Å²) in [5.41, 5.74) is 6.94. The Labute approximate surface area is 132 Å². The fraction of sp³-hybridized carbons (Fsp3) is 0.250. The van der Waals surface area contributed by atoms with Crippen molar-refractivity contribution < 1.29 is 13.2 Å². The van der Waals surface area contributed by atoms with Crippen molar-refractivity contribution in [2.45, 2.75) is 26.1 Å². The largest absolute Gasteiger partial charge is 0.433 e. The summed E-state index contributed by atoms with van der Waals surface area (Å²) in [5.74, 6) is 0.123. The number of benzene rings is 1. The second kappa shape index (κ2) is 7.13. The number of aromatic nitrogens is 1. The smallest absolute Gasteiger partial charge is 0.370 e. The van der Waals surface area contributed by atoms with E-state index in [1.165, 1.54) is 12.1 Å². The third kappa shape index (κ3) is 4.98. The Bertz CT molecular complexity index is 696. The number of aliphatic imine (C=N–C) groups is 1. The van der Waals surface area contributed by atoms with Crippen LogP contribution in [0, 0.1) is 0 Å². The number of nitrogens with zero attached hydrogens (tertiary/aromatic N) is 2. The number of guanidine groups is 1. The number of alkyl halides is 3.